The van der Waals surface area contributed by atoms with Crippen molar-refractivity contribution in [1.29, 1.82) is 0 Å². The van der Waals surface area contributed by atoms with Crippen LogP contribution in [0.25, 0.3) is 87.3 Å². The standard InChI is InChI=1S/C48H29NO2/c1-2-10-35-30(9-1)17-18-31-27-32(19-22-36(31)35)37-25-26-44(39-12-4-3-11-38(37)39)49(33-20-23-42-40-13-5-7-15-45(40)50-47(42)28-33)34-21-24-43-41-14-6-8-16-46(41)51-48(43)29-34/h1-29H. The third-order valence-electron chi connectivity index (χ3n) is 10.4. The predicted octanol–water partition coefficient (Wildman–Crippen LogP) is 14.1. The van der Waals surface area contributed by atoms with Crippen molar-refractivity contribution in [3.63, 3.8) is 0 Å². The largest absolute Gasteiger partial charge is 0.456 e. The summed E-state index contributed by atoms with van der Waals surface area (Å²) in [7, 11) is 0. The van der Waals surface area contributed by atoms with E-state index < -0.39 is 0 Å². The molecular weight excluding hydrogens is 623 g/mol. The molecule has 0 radical (unpaired) electrons. The molecule has 3 heteroatoms. The van der Waals surface area contributed by atoms with E-state index in [4.69, 9.17) is 8.83 Å². The van der Waals surface area contributed by atoms with Crippen molar-refractivity contribution in [2.24, 2.45) is 0 Å². The van der Waals surface area contributed by atoms with Gasteiger partial charge in [0.25, 0.3) is 0 Å². The number of furan rings is 2. The maximum Gasteiger partial charge on any atom is 0.137 e. The summed E-state index contributed by atoms with van der Waals surface area (Å²) in [6.07, 6.45) is 0. The van der Waals surface area contributed by atoms with E-state index in [2.05, 4.69) is 157 Å². The Balaban J connectivity index is 1.13. The van der Waals surface area contributed by atoms with E-state index in [0.717, 1.165) is 66.3 Å². The van der Waals surface area contributed by atoms with Crippen LogP contribution in [-0.2, 0) is 0 Å². The second-order valence-corrected chi connectivity index (χ2v) is 13.3. The summed E-state index contributed by atoms with van der Waals surface area (Å²) in [6, 6.07) is 62.7. The number of hydrogen-bond donors (Lipinski definition) is 0. The fourth-order valence-corrected chi connectivity index (χ4v) is 8.05. The molecule has 0 aliphatic carbocycles. The van der Waals surface area contributed by atoms with Crippen LogP contribution in [-0.4, -0.2) is 0 Å². The molecule has 0 aliphatic heterocycles. The van der Waals surface area contributed by atoms with Crippen molar-refractivity contribution in [2.45, 2.75) is 0 Å². The number of nitrogens with zero attached hydrogens (tertiary/aromatic N) is 1. The molecule has 2 heterocycles. The number of para-hydroxylation sites is 2. The van der Waals surface area contributed by atoms with Crippen LogP contribution in [0.4, 0.5) is 17.1 Å². The van der Waals surface area contributed by atoms with Gasteiger partial charge in [0.15, 0.2) is 0 Å². The molecule has 3 nitrogen and oxygen atoms in total. The van der Waals surface area contributed by atoms with Crippen molar-refractivity contribution in [1.82, 2.24) is 0 Å². The smallest absolute Gasteiger partial charge is 0.137 e. The molecule has 238 valence electrons. The monoisotopic (exact) mass is 651 g/mol. The summed E-state index contributed by atoms with van der Waals surface area (Å²) in [6.45, 7) is 0. The normalized spacial score (nSPS) is 11.9. The minimum Gasteiger partial charge on any atom is -0.456 e. The molecule has 0 aliphatic rings. The number of fused-ring (bicyclic) bond motifs is 10. The molecule has 0 unspecified atom stereocenters. The zero-order chi connectivity index (χ0) is 33.5. The van der Waals surface area contributed by atoms with Gasteiger partial charge in [-0.15, -0.1) is 0 Å². The minimum atomic E-state index is 0.855. The zero-order valence-electron chi connectivity index (χ0n) is 27.5. The number of rotatable bonds is 4. The lowest BCUT2D eigenvalue weighted by Gasteiger charge is -2.27. The Morgan fingerprint density at radius 1 is 0.314 bits per heavy atom. The van der Waals surface area contributed by atoms with Crippen LogP contribution in [0, 0.1) is 0 Å². The molecule has 51 heavy (non-hydrogen) atoms. The molecule has 9 aromatic carbocycles. The van der Waals surface area contributed by atoms with Gasteiger partial charge in [-0.1, -0.05) is 115 Å². The first kappa shape index (κ1) is 28.0. The van der Waals surface area contributed by atoms with E-state index in [1.165, 1.54) is 38.1 Å². The lowest BCUT2D eigenvalue weighted by Crippen LogP contribution is -2.10. The van der Waals surface area contributed by atoms with Crippen LogP contribution >= 0.6 is 0 Å². The number of hydrogen-bond acceptors (Lipinski definition) is 3. The summed E-state index contributed by atoms with van der Waals surface area (Å²) in [5, 5.41) is 11.8. The van der Waals surface area contributed by atoms with Crippen LogP contribution in [0.3, 0.4) is 0 Å². The quantitative estimate of drug-likeness (QED) is 0.177. The van der Waals surface area contributed by atoms with E-state index in [1.807, 2.05) is 24.3 Å². The average molecular weight is 652 g/mol. The van der Waals surface area contributed by atoms with Crippen molar-refractivity contribution < 1.29 is 8.83 Å². The highest BCUT2D eigenvalue weighted by atomic mass is 16.3. The summed E-state index contributed by atoms with van der Waals surface area (Å²) < 4.78 is 12.8. The molecule has 2 aromatic heterocycles. The predicted molar refractivity (Wildman–Crippen MR) is 214 cm³/mol. The van der Waals surface area contributed by atoms with E-state index in [1.54, 1.807) is 0 Å². The molecule has 0 atom stereocenters. The Kier molecular flexibility index (Phi) is 5.96. The summed E-state index contributed by atoms with van der Waals surface area (Å²) >= 11 is 0. The van der Waals surface area contributed by atoms with Gasteiger partial charge in [0.2, 0.25) is 0 Å². The lowest BCUT2D eigenvalue weighted by atomic mass is 9.93. The first-order valence-corrected chi connectivity index (χ1v) is 17.3. The van der Waals surface area contributed by atoms with Crippen LogP contribution in [0.1, 0.15) is 0 Å². The van der Waals surface area contributed by atoms with Crippen molar-refractivity contribution in [2.75, 3.05) is 4.90 Å². The van der Waals surface area contributed by atoms with Gasteiger partial charge in [-0.2, -0.15) is 0 Å². The first-order chi connectivity index (χ1) is 25.3. The van der Waals surface area contributed by atoms with Gasteiger partial charge in [-0.25, -0.2) is 0 Å². The summed E-state index contributed by atoms with van der Waals surface area (Å²) in [4.78, 5) is 2.33. The second-order valence-electron chi connectivity index (χ2n) is 13.3. The highest BCUT2D eigenvalue weighted by Gasteiger charge is 2.20. The minimum absolute atomic E-state index is 0.855. The number of benzene rings is 9. The van der Waals surface area contributed by atoms with Crippen LogP contribution in [0.15, 0.2) is 185 Å². The van der Waals surface area contributed by atoms with E-state index in [0.29, 0.717) is 0 Å². The van der Waals surface area contributed by atoms with Gasteiger partial charge in [0.1, 0.15) is 22.3 Å². The van der Waals surface area contributed by atoms with E-state index >= 15 is 0 Å². The Labute approximate surface area is 293 Å². The molecule has 0 amide bonds. The Morgan fingerprint density at radius 3 is 1.51 bits per heavy atom. The fourth-order valence-electron chi connectivity index (χ4n) is 8.05. The Hall–Kier alpha value is -6.84. The molecular formula is C48H29NO2. The molecule has 11 aromatic rings. The second kappa shape index (κ2) is 10.8. The maximum absolute atomic E-state index is 6.41. The topological polar surface area (TPSA) is 29.5 Å². The SMILES string of the molecule is c1ccc2c(c1)ccc1cc(-c3ccc(N(c4ccc5c(c4)oc4ccccc45)c4ccc5c(c4)oc4ccccc45)c4ccccc34)ccc12. The zero-order valence-corrected chi connectivity index (χ0v) is 27.5. The van der Waals surface area contributed by atoms with Gasteiger partial charge in [0, 0.05) is 50.4 Å². The molecule has 11 rings (SSSR count). The van der Waals surface area contributed by atoms with Crippen LogP contribution < -0.4 is 4.90 Å². The van der Waals surface area contributed by atoms with Gasteiger partial charge in [0.05, 0.1) is 5.69 Å². The first-order valence-electron chi connectivity index (χ1n) is 17.3. The van der Waals surface area contributed by atoms with Crippen molar-refractivity contribution in [3.8, 4) is 11.1 Å². The van der Waals surface area contributed by atoms with Gasteiger partial charge < -0.3 is 13.7 Å². The van der Waals surface area contributed by atoms with Crippen LogP contribution in [0.5, 0.6) is 0 Å². The van der Waals surface area contributed by atoms with Crippen LogP contribution in [0.2, 0.25) is 0 Å². The Bertz CT molecular complexity index is 3050. The third kappa shape index (κ3) is 4.32. The van der Waals surface area contributed by atoms with Crippen molar-refractivity contribution in [3.05, 3.63) is 176 Å². The molecule has 0 spiro atoms. The lowest BCUT2D eigenvalue weighted by molar-refractivity contribution is 0.669. The molecule has 0 N–H and O–H groups in total. The molecule has 0 saturated carbocycles. The number of anilines is 3. The Morgan fingerprint density at radius 2 is 0.824 bits per heavy atom. The highest BCUT2D eigenvalue weighted by molar-refractivity contribution is 6.12. The van der Waals surface area contributed by atoms with Crippen molar-refractivity contribution >= 4 is 93.3 Å². The summed E-state index contributed by atoms with van der Waals surface area (Å²) in [5.74, 6) is 0. The van der Waals surface area contributed by atoms with E-state index in [-0.39, 0.29) is 0 Å². The van der Waals surface area contributed by atoms with Gasteiger partial charge in [-0.05, 0) is 86.6 Å². The maximum atomic E-state index is 6.41. The molecule has 0 bridgehead atoms. The molecule has 0 saturated heterocycles. The van der Waals surface area contributed by atoms with E-state index in [9.17, 15) is 0 Å². The average Bonchev–Trinajstić information content (AvgIpc) is 3.75. The summed E-state index contributed by atoms with van der Waals surface area (Å²) in [5.41, 5.74) is 8.97. The molecule has 0 fully saturated rings. The highest BCUT2D eigenvalue weighted by Crippen LogP contribution is 2.45. The third-order valence-corrected chi connectivity index (χ3v) is 10.4. The fraction of sp³-hybridized carbons (Fsp3) is 0. The van der Waals surface area contributed by atoms with Gasteiger partial charge >= 0.3 is 0 Å². The van der Waals surface area contributed by atoms with Gasteiger partial charge in [-0.3, -0.25) is 0 Å².